The Morgan fingerprint density at radius 1 is 1.29 bits per heavy atom. The van der Waals surface area contributed by atoms with Crippen LogP contribution < -0.4 is 6.15 Å². The predicted molar refractivity (Wildman–Crippen MR) is 53.7 cm³/mol. The Kier molecular flexibility index (Phi) is 13.2. The van der Waals surface area contributed by atoms with Crippen LogP contribution >= 0.6 is 0 Å². The van der Waals surface area contributed by atoms with Gasteiger partial charge in [0.25, 0.3) is 0 Å². The average molecular weight is 208 g/mol. The molecule has 0 aromatic heterocycles. The molecule has 0 spiro atoms. The summed E-state index contributed by atoms with van der Waals surface area (Å²) in [5.41, 5.74) is 0. The molecule has 14 heavy (non-hydrogen) atoms. The summed E-state index contributed by atoms with van der Waals surface area (Å²) in [7, 11) is 3.47. The van der Waals surface area contributed by atoms with E-state index in [1.54, 1.807) is 32.8 Å². The molecule has 0 fully saturated rings. The van der Waals surface area contributed by atoms with Gasteiger partial charge in [-0.15, -0.1) is 0 Å². The molecule has 0 radical (unpaired) electrons. The number of carbonyl (C=O) groups is 2. The van der Waals surface area contributed by atoms with E-state index in [2.05, 4.69) is 0 Å². The zero-order chi connectivity index (χ0) is 11.0. The highest BCUT2D eigenvalue weighted by atomic mass is 16.4. The summed E-state index contributed by atoms with van der Waals surface area (Å²) in [6.07, 6.45) is 0.222. The van der Waals surface area contributed by atoms with E-state index >= 15 is 0 Å². The number of rotatable bonds is 3. The van der Waals surface area contributed by atoms with Crippen molar-refractivity contribution >= 4 is 11.9 Å². The van der Waals surface area contributed by atoms with Crippen LogP contribution in [0.2, 0.25) is 0 Å². The Labute approximate surface area is 84.1 Å². The predicted octanol–water partition coefficient (Wildman–Crippen LogP) is 0.664. The van der Waals surface area contributed by atoms with Gasteiger partial charge in [-0.25, -0.2) is 0 Å². The molecular formula is C8H20N2O4. The SMILES string of the molecule is CC(C(=O)O)N(C)C.CCC(=O)O.N. The molecule has 1 atom stereocenters. The number of hydrogen-bond donors (Lipinski definition) is 3. The first-order valence-electron chi connectivity index (χ1n) is 3.93. The van der Waals surface area contributed by atoms with Crippen LogP contribution in [0.25, 0.3) is 0 Å². The Morgan fingerprint density at radius 3 is 1.57 bits per heavy atom. The van der Waals surface area contributed by atoms with Gasteiger partial charge in [0.1, 0.15) is 6.04 Å². The Bertz CT molecular complexity index is 171. The summed E-state index contributed by atoms with van der Waals surface area (Å²) in [6, 6.07) is -0.380. The Morgan fingerprint density at radius 2 is 1.57 bits per heavy atom. The standard InChI is InChI=1S/C5H11NO2.C3H6O2.H3N/c1-4(5(7)8)6(2)3;1-2-3(4)5;/h4H,1-3H3,(H,7,8);2H2,1H3,(H,4,5);1H3. The van der Waals surface area contributed by atoms with Crippen LogP contribution in [0.3, 0.4) is 0 Å². The Balaban J connectivity index is -0.000000177. The van der Waals surface area contributed by atoms with Gasteiger partial charge in [-0.2, -0.15) is 0 Å². The number of carboxylic acid groups (broad SMARTS) is 2. The molecule has 6 heteroatoms. The van der Waals surface area contributed by atoms with Gasteiger partial charge in [0.15, 0.2) is 0 Å². The van der Waals surface area contributed by atoms with Crippen LogP contribution in [0.15, 0.2) is 0 Å². The van der Waals surface area contributed by atoms with Crippen LogP contribution in [-0.2, 0) is 9.59 Å². The molecule has 0 heterocycles. The molecule has 0 aliphatic carbocycles. The fraction of sp³-hybridized carbons (Fsp3) is 0.750. The van der Waals surface area contributed by atoms with E-state index < -0.39 is 11.9 Å². The van der Waals surface area contributed by atoms with Gasteiger partial charge in [-0.05, 0) is 21.0 Å². The van der Waals surface area contributed by atoms with E-state index in [0.29, 0.717) is 0 Å². The molecule has 0 saturated heterocycles. The number of aliphatic carboxylic acids is 2. The van der Waals surface area contributed by atoms with Crippen LogP contribution in [0.4, 0.5) is 0 Å². The average Bonchev–Trinajstić information content (AvgIpc) is 2.03. The normalized spacial score (nSPS) is 10.6. The third kappa shape index (κ3) is 13.4. The fourth-order valence-corrected chi connectivity index (χ4v) is 0.221. The smallest absolute Gasteiger partial charge is 0.320 e. The molecule has 0 bridgehead atoms. The van der Waals surface area contributed by atoms with Crippen LogP contribution in [-0.4, -0.2) is 47.2 Å². The molecule has 0 rings (SSSR count). The van der Waals surface area contributed by atoms with Gasteiger partial charge >= 0.3 is 11.9 Å². The van der Waals surface area contributed by atoms with Gasteiger partial charge < -0.3 is 16.4 Å². The fourth-order valence-electron chi connectivity index (χ4n) is 0.221. The minimum atomic E-state index is -0.782. The van der Waals surface area contributed by atoms with Gasteiger partial charge in [0, 0.05) is 6.42 Å². The van der Waals surface area contributed by atoms with Crippen molar-refractivity contribution in [2.75, 3.05) is 14.1 Å². The van der Waals surface area contributed by atoms with Crippen molar-refractivity contribution in [2.24, 2.45) is 0 Å². The lowest BCUT2D eigenvalue weighted by Crippen LogP contribution is -2.32. The first-order chi connectivity index (χ1) is 5.82. The van der Waals surface area contributed by atoms with Crippen molar-refractivity contribution in [3.05, 3.63) is 0 Å². The van der Waals surface area contributed by atoms with Gasteiger partial charge in [0.2, 0.25) is 0 Å². The first-order valence-corrected chi connectivity index (χ1v) is 3.93. The highest BCUT2D eigenvalue weighted by Crippen LogP contribution is 1.88. The maximum Gasteiger partial charge on any atom is 0.320 e. The van der Waals surface area contributed by atoms with Gasteiger partial charge in [-0.3, -0.25) is 14.5 Å². The summed E-state index contributed by atoms with van der Waals surface area (Å²) in [5.74, 6) is -1.53. The van der Waals surface area contributed by atoms with Crippen molar-refractivity contribution in [1.82, 2.24) is 11.1 Å². The minimum absolute atomic E-state index is 0. The summed E-state index contributed by atoms with van der Waals surface area (Å²) in [5, 5.41) is 16.0. The summed E-state index contributed by atoms with van der Waals surface area (Å²) >= 11 is 0. The Hall–Kier alpha value is -1.14. The van der Waals surface area contributed by atoms with Crippen LogP contribution in [0.1, 0.15) is 20.3 Å². The second-order valence-corrected chi connectivity index (χ2v) is 2.73. The largest absolute Gasteiger partial charge is 0.481 e. The van der Waals surface area contributed by atoms with E-state index in [1.807, 2.05) is 0 Å². The quantitative estimate of drug-likeness (QED) is 0.628. The van der Waals surface area contributed by atoms with E-state index in [4.69, 9.17) is 10.2 Å². The molecule has 0 aliphatic rings. The van der Waals surface area contributed by atoms with E-state index in [-0.39, 0.29) is 18.6 Å². The number of likely N-dealkylation sites (N-methyl/N-ethyl adjacent to an activating group) is 1. The molecule has 86 valence electrons. The molecule has 0 aliphatic heterocycles. The number of carboxylic acids is 2. The summed E-state index contributed by atoms with van der Waals surface area (Å²) in [6.45, 7) is 3.24. The molecule has 6 nitrogen and oxygen atoms in total. The third-order valence-electron chi connectivity index (χ3n) is 1.43. The molecule has 1 unspecified atom stereocenters. The topological polar surface area (TPSA) is 113 Å². The van der Waals surface area contributed by atoms with Crippen LogP contribution in [0, 0.1) is 0 Å². The monoisotopic (exact) mass is 208 g/mol. The van der Waals surface area contributed by atoms with Crippen molar-refractivity contribution in [2.45, 2.75) is 26.3 Å². The summed E-state index contributed by atoms with van der Waals surface area (Å²) in [4.78, 5) is 21.1. The second-order valence-electron chi connectivity index (χ2n) is 2.73. The van der Waals surface area contributed by atoms with E-state index in [0.717, 1.165) is 0 Å². The van der Waals surface area contributed by atoms with Crippen molar-refractivity contribution in [3.8, 4) is 0 Å². The molecular weight excluding hydrogens is 188 g/mol. The summed E-state index contributed by atoms with van der Waals surface area (Å²) < 4.78 is 0. The van der Waals surface area contributed by atoms with Crippen molar-refractivity contribution in [1.29, 1.82) is 0 Å². The number of nitrogens with zero attached hydrogens (tertiary/aromatic N) is 1. The zero-order valence-corrected chi connectivity index (χ0v) is 9.15. The molecule has 5 N–H and O–H groups in total. The second kappa shape index (κ2) is 9.94. The molecule has 0 amide bonds. The molecule has 0 aromatic rings. The van der Waals surface area contributed by atoms with Crippen molar-refractivity contribution in [3.63, 3.8) is 0 Å². The lowest BCUT2D eigenvalue weighted by molar-refractivity contribution is -0.141. The zero-order valence-electron chi connectivity index (χ0n) is 9.15. The highest BCUT2D eigenvalue weighted by molar-refractivity contribution is 5.72. The maximum atomic E-state index is 10.1. The minimum Gasteiger partial charge on any atom is -0.481 e. The van der Waals surface area contributed by atoms with Crippen LogP contribution in [0.5, 0.6) is 0 Å². The van der Waals surface area contributed by atoms with E-state index in [9.17, 15) is 9.59 Å². The molecule has 0 aromatic carbocycles. The van der Waals surface area contributed by atoms with Gasteiger partial charge in [-0.1, -0.05) is 6.92 Å². The maximum absolute atomic E-state index is 10.1. The lowest BCUT2D eigenvalue weighted by atomic mass is 10.3. The lowest BCUT2D eigenvalue weighted by Gasteiger charge is -2.13. The molecule has 0 saturated carbocycles. The third-order valence-corrected chi connectivity index (χ3v) is 1.43. The number of hydrogen-bond acceptors (Lipinski definition) is 4. The first kappa shape index (κ1) is 18.6. The van der Waals surface area contributed by atoms with E-state index in [1.165, 1.54) is 0 Å². The van der Waals surface area contributed by atoms with Crippen molar-refractivity contribution < 1.29 is 19.8 Å². The highest BCUT2D eigenvalue weighted by Gasteiger charge is 2.11. The van der Waals surface area contributed by atoms with Gasteiger partial charge in [0.05, 0.1) is 0 Å².